The molecule has 0 N–H and O–H groups in total. The van der Waals surface area contributed by atoms with E-state index in [0.29, 0.717) is 11.7 Å². The summed E-state index contributed by atoms with van der Waals surface area (Å²) >= 11 is 0. The Hall–Kier alpha value is -2.76. The van der Waals surface area contributed by atoms with E-state index in [1.54, 1.807) is 0 Å². The molecule has 0 atom stereocenters. The van der Waals surface area contributed by atoms with Crippen LogP contribution in [0.4, 0.5) is 0 Å². The average molecular weight is 330 g/mol. The molecule has 24 heavy (non-hydrogen) atoms. The zero-order chi connectivity index (χ0) is 17.5. The molecule has 2 aromatic rings. The molecule has 0 aliphatic carbocycles. The van der Waals surface area contributed by atoms with E-state index in [4.69, 9.17) is 9.47 Å². The van der Waals surface area contributed by atoms with Crippen LogP contribution in [0.3, 0.4) is 0 Å². The van der Waals surface area contributed by atoms with Crippen LogP contribution in [0.1, 0.15) is 31.0 Å². The standard InChI is InChI=1S/C18H22N2O4/c1-13(2)15-8-10-20(19-15)16-6-5-7-17(14(16)3)23-12-24-18(21)9-11-22-4/h5-11,13H,12H2,1-4H3/b11-9-. The van der Waals surface area contributed by atoms with E-state index < -0.39 is 5.97 Å². The quantitative estimate of drug-likeness (QED) is 0.337. The van der Waals surface area contributed by atoms with Gasteiger partial charge in [0.05, 0.1) is 30.8 Å². The first-order valence-corrected chi connectivity index (χ1v) is 7.67. The number of carbonyl (C=O) groups excluding carboxylic acids is 1. The Morgan fingerprint density at radius 3 is 2.79 bits per heavy atom. The predicted octanol–water partition coefficient (Wildman–Crippen LogP) is 3.34. The van der Waals surface area contributed by atoms with E-state index in [2.05, 4.69) is 23.7 Å². The maximum Gasteiger partial charge on any atom is 0.336 e. The highest BCUT2D eigenvalue weighted by Gasteiger charge is 2.10. The van der Waals surface area contributed by atoms with Gasteiger partial charge in [0.15, 0.2) is 0 Å². The number of ether oxygens (including phenoxy) is 3. The smallest absolute Gasteiger partial charge is 0.336 e. The van der Waals surface area contributed by atoms with Crippen LogP contribution in [-0.4, -0.2) is 29.7 Å². The lowest BCUT2D eigenvalue weighted by Crippen LogP contribution is -2.09. The first kappa shape index (κ1) is 17.6. The predicted molar refractivity (Wildman–Crippen MR) is 90.1 cm³/mol. The number of methoxy groups -OCH3 is 1. The number of nitrogens with zero attached hydrogens (tertiary/aromatic N) is 2. The first-order chi connectivity index (χ1) is 11.5. The lowest BCUT2D eigenvalue weighted by molar-refractivity contribution is -0.144. The molecule has 0 fully saturated rings. The second-order valence-corrected chi connectivity index (χ2v) is 5.50. The lowest BCUT2D eigenvalue weighted by atomic mass is 10.1. The summed E-state index contributed by atoms with van der Waals surface area (Å²) in [4.78, 5) is 11.3. The summed E-state index contributed by atoms with van der Waals surface area (Å²) in [6.07, 6.45) is 4.36. The molecule has 6 nitrogen and oxygen atoms in total. The van der Waals surface area contributed by atoms with Gasteiger partial charge in [-0.1, -0.05) is 19.9 Å². The van der Waals surface area contributed by atoms with Crippen molar-refractivity contribution in [2.24, 2.45) is 0 Å². The Labute approximate surface area is 141 Å². The Balaban J connectivity index is 2.07. The van der Waals surface area contributed by atoms with Gasteiger partial charge in [0.1, 0.15) is 5.75 Å². The molecule has 0 aliphatic heterocycles. The summed E-state index contributed by atoms with van der Waals surface area (Å²) in [7, 11) is 1.45. The molecule has 0 unspecified atom stereocenters. The van der Waals surface area contributed by atoms with Gasteiger partial charge in [-0.15, -0.1) is 0 Å². The molecular weight excluding hydrogens is 308 g/mol. The van der Waals surface area contributed by atoms with Gasteiger partial charge >= 0.3 is 5.97 Å². The molecule has 6 heteroatoms. The third-order valence-corrected chi connectivity index (χ3v) is 3.46. The number of hydrogen-bond acceptors (Lipinski definition) is 5. The van der Waals surface area contributed by atoms with Crippen molar-refractivity contribution in [3.05, 3.63) is 54.1 Å². The van der Waals surface area contributed by atoms with Gasteiger partial charge in [0.25, 0.3) is 0 Å². The van der Waals surface area contributed by atoms with E-state index in [9.17, 15) is 4.79 Å². The van der Waals surface area contributed by atoms with E-state index >= 15 is 0 Å². The molecular formula is C18H22N2O4. The average Bonchev–Trinajstić information content (AvgIpc) is 3.04. The van der Waals surface area contributed by atoms with Crippen molar-refractivity contribution in [3.63, 3.8) is 0 Å². The van der Waals surface area contributed by atoms with E-state index in [0.717, 1.165) is 16.9 Å². The molecule has 1 aromatic heterocycles. The molecule has 2 rings (SSSR count). The second-order valence-electron chi connectivity index (χ2n) is 5.50. The van der Waals surface area contributed by atoms with Crippen LogP contribution in [0.15, 0.2) is 42.8 Å². The molecule has 0 saturated carbocycles. The second kappa shape index (κ2) is 8.19. The Kier molecular flexibility index (Phi) is 6.01. The molecule has 1 heterocycles. The number of hydrogen-bond donors (Lipinski definition) is 0. The fourth-order valence-corrected chi connectivity index (χ4v) is 2.11. The molecule has 128 valence electrons. The van der Waals surface area contributed by atoms with Crippen LogP contribution >= 0.6 is 0 Å². The molecule has 0 spiro atoms. The monoisotopic (exact) mass is 330 g/mol. The SMILES string of the molecule is CO/C=C\C(=O)OCOc1cccc(-n2ccc(C(C)C)n2)c1C. The van der Waals surface area contributed by atoms with E-state index in [1.165, 1.54) is 19.4 Å². The summed E-state index contributed by atoms with van der Waals surface area (Å²) in [6.45, 7) is 5.97. The minimum atomic E-state index is -0.528. The van der Waals surface area contributed by atoms with Crippen molar-refractivity contribution in [1.82, 2.24) is 9.78 Å². The van der Waals surface area contributed by atoms with Crippen LogP contribution in [0.25, 0.3) is 5.69 Å². The maximum absolute atomic E-state index is 11.3. The Morgan fingerprint density at radius 1 is 1.33 bits per heavy atom. The summed E-state index contributed by atoms with van der Waals surface area (Å²) in [5, 5.41) is 4.58. The van der Waals surface area contributed by atoms with Crippen molar-refractivity contribution >= 4 is 5.97 Å². The molecule has 0 saturated heterocycles. The van der Waals surface area contributed by atoms with Crippen molar-refractivity contribution in [2.75, 3.05) is 13.9 Å². The third kappa shape index (κ3) is 4.38. The number of aromatic nitrogens is 2. The molecule has 0 aliphatic rings. The zero-order valence-corrected chi connectivity index (χ0v) is 14.4. The van der Waals surface area contributed by atoms with Crippen molar-refractivity contribution in [3.8, 4) is 11.4 Å². The summed E-state index contributed by atoms with van der Waals surface area (Å²) in [5.41, 5.74) is 2.86. The van der Waals surface area contributed by atoms with Gasteiger partial charge in [-0.3, -0.25) is 0 Å². The van der Waals surface area contributed by atoms with E-state index in [1.807, 2.05) is 42.1 Å². The minimum Gasteiger partial charge on any atom is -0.504 e. The zero-order valence-electron chi connectivity index (χ0n) is 14.4. The number of esters is 1. The third-order valence-electron chi connectivity index (χ3n) is 3.46. The Bertz CT molecular complexity index is 720. The van der Waals surface area contributed by atoms with Crippen LogP contribution in [0.2, 0.25) is 0 Å². The normalized spacial score (nSPS) is 11.0. The van der Waals surface area contributed by atoms with Gasteiger partial charge in [-0.2, -0.15) is 5.10 Å². The fraction of sp³-hybridized carbons (Fsp3) is 0.333. The van der Waals surface area contributed by atoms with Crippen molar-refractivity contribution in [1.29, 1.82) is 0 Å². The minimum absolute atomic E-state index is 0.173. The van der Waals surface area contributed by atoms with Crippen LogP contribution in [-0.2, 0) is 14.3 Å². The van der Waals surface area contributed by atoms with Gasteiger partial charge < -0.3 is 14.2 Å². The summed E-state index contributed by atoms with van der Waals surface area (Å²) in [5.74, 6) is 0.475. The van der Waals surface area contributed by atoms with Crippen LogP contribution in [0.5, 0.6) is 5.75 Å². The number of carbonyl (C=O) groups is 1. The lowest BCUT2D eigenvalue weighted by Gasteiger charge is -2.12. The van der Waals surface area contributed by atoms with Gasteiger partial charge in [0.2, 0.25) is 6.79 Å². The maximum atomic E-state index is 11.3. The van der Waals surface area contributed by atoms with Gasteiger partial charge in [-0.05, 0) is 31.0 Å². The highest BCUT2D eigenvalue weighted by molar-refractivity contribution is 5.81. The largest absolute Gasteiger partial charge is 0.504 e. The fourth-order valence-electron chi connectivity index (χ4n) is 2.11. The summed E-state index contributed by atoms with van der Waals surface area (Å²) < 4.78 is 17.0. The van der Waals surface area contributed by atoms with Crippen molar-refractivity contribution in [2.45, 2.75) is 26.7 Å². The highest BCUT2D eigenvalue weighted by Crippen LogP contribution is 2.25. The van der Waals surface area contributed by atoms with Crippen LogP contribution < -0.4 is 4.74 Å². The molecule has 0 bridgehead atoms. The van der Waals surface area contributed by atoms with E-state index in [-0.39, 0.29) is 6.79 Å². The molecule has 0 amide bonds. The van der Waals surface area contributed by atoms with Crippen molar-refractivity contribution < 1.29 is 19.0 Å². The molecule has 0 radical (unpaired) electrons. The van der Waals surface area contributed by atoms with Gasteiger partial charge in [0, 0.05) is 11.8 Å². The number of benzene rings is 1. The Morgan fingerprint density at radius 2 is 2.12 bits per heavy atom. The van der Waals surface area contributed by atoms with Gasteiger partial charge in [-0.25, -0.2) is 9.48 Å². The van der Waals surface area contributed by atoms with Crippen LogP contribution in [0, 0.1) is 6.92 Å². The molecule has 1 aromatic carbocycles. The topological polar surface area (TPSA) is 62.6 Å². The summed E-state index contributed by atoms with van der Waals surface area (Å²) in [6, 6.07) is 7.67. The number of rotatable bonds is 7. The first-order valence-electron chi connectivity index (χ1n) is 7.67. The highest BCUT2D eigenvalue weighted by atomic mass is 16.7.